The van der Waals surface area contributed by atoms with Gasteiger partial charge in [-0.3, -0.25) is 14.6 Å². The summed E-state index contributed by atoms with van der Waals surface area (Å²) in [5.41, 5.74) is 2.95. The number of benzene rings is 1. The SMILES string of the molecule is COC(=O)[C@@H]1CCCCNC(=O)c2cncc(c2)-c2cc(OC(C)C)c(Cl)cc2CN1. The first-order valence-electron chi connectivity index (χ1n) is 10.4. The molecule has 1 aliphatic heterocycles. The van der Waals surface area contributed by atoms with Crippen LogP contribution < -0.4 is 15.4 Å². The molecule has 3 rings (SSSR count). The maximum Gasteiger partial charge on any atom is 0.322 e. The Bertz CT molecular complexity index is 948. The molecule has 2 N–H and O–H groups in total. The van der Waals surface area contributed by atoms with Crippen molar-refractivity contribution in [2.75, 3.05) is 13.7 Å². The van der Waals surface area contributed by atoms with Crippen molar-refractivity contribution in [3.63, 3.8) is 0 Å². The highest BCUT2D eigenvalue weighted by Gasteiger charge is 2.21. The number of ether oxygens (including phenoxy) is 2. The van der Waals surface area contributed by atoms with Crippen LogP contribution in [0.15, 0.2) is 30.6 Å². The zero-order chi connectivity index (χ0) is 22.4. The van der Waals surface area contributed by atoms with Gasteiger partial charge < -0.3 is 20.1 Å². The van der Waals surface area contributed by atoms with E-state index in [0.29, 0.717) is 35.8 Å². The fraction of sp³-hybridized carbons (Fsp3) is 0.435. The van der Waals surface area contributed by atoms with Crippen molar-refractivity contribution >= 4 is 23.5 Å². The molecule has 0 unspecified atom stereocenters. The third-order valence-electron chi connectivity index (χ3n) is 5.06. The van der Waals surface area contributed by atoms with E-state index >= 15 is 0 Å². The topological polar surface area (TPSA) is 89.5 Å². The van der Waals surface area contributed by atoms with Gasteiger partial charge in [-0.15, -0.1) is 0 Å². The summed E-state index contributed by atoms with van der Waals surface area (Å²) in [7, 11) is 1.38. The molecule has 1 amide bonds. The summed E-state index contributed by atoms with van der Waals surface area (Å²) >= 11 is 6.49. The maximum absolute atomic E-state index is 12.6. The van der Waals surface area contributed by atoms with E-state index in [0.717, 1.165) is 29.5 Å². The van der Waals surface area contributed by atoms with Crippen LogP contribution in [0.3, 0.4) is 0 Å². The van der Waals surface area contributed by atoms with Crippen LogP contribution >= 0.6 is 11.6 Å². The minimum Gasteiger partial charge on any atom is -0.489 e. The van der Waals surface area contributed by atoms with Crippen molar-refractivity contribution in [2.24, 2.45) is 0 Å². The third kappa shape index (κ3) is 5.95. The molecule has 0 fully saturated rings. The van der Waals surface area contributed by atoms with Crippen molar-refractivity contribution in [1.82, 2.24) is 15.6 Å². The largest absolute Gasteiger partial charge is 0.489 e. The maximum atomic E-state index is 12.6. The van der Waals surface area contributed by atoms with Crippen LogP contribution in [0.4, 0.5) is 0 Å². The second kappa shape index (κ2) is 10.6. The number of aromatic nitrogens is 1. The number of hydrogen-bond donors (Lipinski definition) is 2. The van der Waals surface area contributed by atoms with E-state index in [-0.39, 0.29) is 18.0 Å². The van der Waals surface area contributed by atoms with Gasteiger partial charge in [-0.25, -0.2) is 0 Å². The van der Waals surface area contributed by atoms with Gasteiger partial charge in [-0.2, -0.15) is 0 Å². The monoisotopic (exact) mass is 445 g/mol. The lowest BCUT2D eigenvalue weighted by molar-refractivity contribution is -0.143. The fourth-order valence-electron chi connectivity index (χ4n) is 3.52. The van der Waals surface area contributed by atoms with Gasteiger partial charge in [0.1, 0.15) is 11.8 Å². The Kier molecular flexibility index (Phi) is 7.87. The molecule has 7 nitrogen and oxygen atoms in total. The van der Waals surface area contributed by atoms with Gasteiger partial charge in [0, 0.05) is 31.0 Å². The van der Waals surface area contributed by atoms with Crippen LogP contribution in [-0.4, -0.2) is 42.7 Å². The van der Waals surface area contributed by atoms with Crippen molar-refractivity contribution in [1.29, 1.82) is 0 Å². The molecule has 0 spiro atoms. The zero-order valence-electron chi connectivity index (χ0n) is 18.0. The number of hydrogen-bond acceptors (Lipinski definition) is 6. The number of carbonyl (C=O) groups excluding carboxylic acids is 2. The number of esters is 1. The lowest BCUT2D eigenvalue weighted by Gasteiger charge is -2.20. The number of carbonyl (C=O) groups is 2. The first-order valence-corrected chi connectivity index (χ1v) is 10.8. The summed E-state index contributed by atoms with van der Waals surface area (Å²) in [4.78, 5) is 29.1. The standard InChI is InChI=1S/C23H28ClN3O4/c1-14(2)31-21-10-18-15-8-17(12-25-11-15)22(28)26-7-5-4-6-20(23(29)30-3)27-13-16(18)9-19(21)24/h8-12,14,20,27H,4-7,13H2,1-3H3,(H,26,28)/t20-/m0/s1. The Morgan fingerprint density at radius 3 is 2.71 bits per heavy atom. The van der Waals surface area contributed by atoms with Crippen LogP contribution in [0, 0.1) is 0 Å². The van der Waals surface area contributed by atoms with E-state index in [9.17, 15) is 9.59 Å². The molecule has 1 aliphatic rings. The number of nitrogens with one attached hydrogen (secondary N) is 2. The summed E-state index contributed by atoms with van der Waals surface area (Å²) in [6.45, 7) is 4.78. The molecule has 0 radical (unpaired) electrons. The molecular formula is C23H28ClN3O4. The van der Waals surface area contributed by atoms with Crippen molar-refractivity contribution in [3.8, 4) is 16.9 Å². The number of fused-ring (bicyclic) bond motifs is 4. The van der Waals surface area contributed by atoms with Gasteiger partial charge in [0.15, 0.2) is 0 Å². The van der Waals surface area contributed by atoms with Crippen molar-refractivity contribution in [2.45, 2.75) is 51.8 Å². The van der Waals surface area contributed by atoms with Crippen molar-refractivity contribution in [3.05, 3.63) is 46.7 Å². The minimum atomic E-state index is -0.452. The molecule has 2 heterocycles. The molecule has 1 atom stereocenters. The van der Waals surface area contributed by atoms with E-state index in [1.165, 1.54) is 7.11 Å². The lowest BCUT2D eigenvalue weighted by atomic mass is 9.98. The van der Waals surface area contributed by atoms with E-state index < -0.39 is 6.04 Å². The van der Waals surface area contributed by atoms with Gasteiger partial charge in [-0.1, -0.05) is 11.6 Å². The van der Waals surface area contributed by atoms with Gasteiger partial charge in [0.2, 0.25) is 0 Å². The number of amides is 1. The highest BCUT2D eigenvalue weighted by Crippen LogP contribution is 2.35. The quantitative estimate of drug-likeness (QED) is 0.699. The third-order valence-corrected chi connectivity index (χ3v) is 5.36. The average Bonchev–Trinajstić information content (AvgIpc) is 2.75. The molecule has 1 aromatic heterocycles. The molecule has 0 saturated heterocycles. The summed E-state index contributed by atoms with van der Waals surface area (Å²) < 4.78 is 10.8. The Hall–Kier alpha value is -2.64. The van der Waals surface area contributed by atoms with Crippen molar-refractivity contribution < 1.29 is 19.1 Å². The van der Waals surface area contributed by atoms with Gasteiger partial charge in [0.05, 0.1) is 23.8 Å². The summed E-state index contributed by atoms with van der Waals surface area (Å²) in [6.07, 6.45) is 5.33. The summed E-state index contributed by atoms with van der Waals surface area (Å²) in [5, 5.41) is 6.69. The molecule has 166 valence electrons. The minimum absolute atomic E-state index is 0.0499. The van der Waals surface area contributed by atoms with E-state index in [1.54, 1.807) is 18.5 Å². The number of rotatable bonds is 3. The second-order valence-electron chi connectivity index (χ2n) is 7.78. The van der Waals surface area contributed by atoms with Gasteiger partial charge in [-0.05, 0) is 62.4 Å². The molecule has 0 saturated carbocycles. The summed E-state index contributed by atoms with van der Waals surface area (Å²) in [6, 6.07) is 5.04. The predicted octanol–water partition coefficient (Wildman–Crippen LogP) is 3.73. The summed E-state index contributed by atoms with van der Waals surface area (Å²) in [5.74, 6) is 0.0614. The van der Waals surface area contributed by atoms with Gasteiger partial charge in [0.25, 0.3) is 5.91 Å². The molecule has 0 aliphatic carbocycles. The number of pyridine rings is 1. The Balaban J connectivity index is 2.07. The highest BCUT2D eigenvalue weighted by molar-refractivity contribution is 6.32. The zero-order valence-corrected chi connectivity index (χ0v) is 18.8. The van der Waals surface area contributed by atoms with E-state index in [4.69, 9.17) is 21.1 Å². The second-order valence-corrected chi connectivity index (χ2v) is 8.18. The van der Waals surface area contributed by atoms with Crippen LogP contribution in [0.25, 0.3) is 11.1 Å². The Morgan fingerprint density at radius 2 is 1.97 bits per heavy atom. The first-order chi connectivity index (χ1) is 14.9. The number of methoxy groups -OCH3 is 1. The molecule has 2 aromatic rings. The molecule has 8 heteroatoms. The molecule has 31 heavy (non-hydrogen) atoms. The Labute approximate surface area is 187 Å². The fourth-order valence-corrected chi connectivity index (χ4v) is 3.75. The molecule has 1 aromatic carbocycles. The Morgan fingerprint density at radius 1 is 1.19 bits per heavy atom. The lowest BCUT2D eigenvalue weighted by Crippen LogP contribution is -2.37. The normalized spacial score (nSPS) is 17.3. The molecule has 2 bridgehead atoms. The number of halogens is 1. The average molecular weight is 446 g/mol. The highest BCUT2D eigenvalue weighted by atomic mass is 35.5. The van der Waals surface area contributed by atoms with Crippen LogP contribution in [0.1, 0.15) is 49.0 Å². The van der Waals surface area contributed by atoms with Gasteiger partial charge >= 0.3 is 5.97 Å². The smallest absolute Gasteiger partial charge is 0.322 e. The molecular weight excluding hydrogens is 418 g/mol. The predicted molar refractivity (Wildman–Crippen MR) is 119 cm³/mol. The number of nitrogens with zero attached hydrogens (tertiary/aromatic N) is 1. The van der Waals surface area contributed by atoms with Crippen LogP contribution in [-0.2, 0) is 16.1 Å². The van der Waals surface area contributed by atoms with E-state index in [2.05, 4.69) is 15.6 Å². The van der Waals surface area contributed by atoms with Crippen LogP contribution in [0.5, 0.6) is 5.75 Å². The first kappa shape index (κ1) is 23.0. The van der Waals surface area contributed by atoms with Crippen LogP contribution in [0.2, 0.25) is 5.02 Å². The van der Waals surface area contributed by atoms with E-state index in [1.807, 2.05) is 26.0 Å².